The Morgan fingerprint density at radius 1 is 1.59 bits per heavy atom. The second-order valence-corrected chi connectivity index (χ2v) is 7.29. The van der Waals surface area contributed by atoms with Gasteiger partial charge in [0.1, 0.15) is 0 Å². The van der Waals surface area contributed by atoms with Gasteiger partial charge in [0.05, 0.1) is 8.66 Å². The van der Waals surface area contributed by atoms with E-state index in [0.29, 0.717) is 6.54 Å². The number of carbonyl (C=O) groups excluding carboxylic acids is 1. The Labute approximate surface area is 114 Å². The summed E-state index contributed by atoms with van der Waals surface area (Å²) in [6, 6.07) is 3.78. The molecule has 94 valence electrons. The van der Waals surface area contributed by atoms with Gasteiger partial charge in [0.15, 0.2) is 0 Å². The van der Waals surface area contributed by atoms with Crippen LogP contribution in [0.5, 0.6) is 0 Å². The molecule has 2 rings (SSSR count). The van der Waals surface area contributed by atoms with Crippen molar-refractivity contribution >= 4 is 33.2 Å². The molecule has 1 aromatic heterocycles. The third-order valence-electron chi connectivity index (χ3n) is 3.55. The summed E-state index contributed by atoms with van der Waals surface area (Å²) in [5.41, 5.74) is 6.00. The average molecular weight is 317 g/mol. The number of rotatable bonds is 4. The van der Waals surface area contributed by atoms with Crippen molar-refractivity contribution in [3.63, 3.8) is 0 Å². The predicted molar refractivity (Wildman–Crippen MR) is 74.3 cm³/mol. The zero-order chi connectivity index (χ0) is 12.5. The monoisotopic (exact) mass is 316 g/mol. The van der Waals surface area contributed by atoms with Crippen molar-refractivity contribution in [2.24, 2.45) is 11.1 Å². The highest BCUT2D eigenvalue weighted by Crippen LogP contribution is 2.40. The molecule has 0 bridgehead atoms. The summed E-state index contributed by atoms with van der Waals surface area (Å²) in [4.78, 5) is 14.8. The molecule has 1 amide bonds. The smallest absolute Gasteiger partial charge is 0.263 e. The summed E-state index contributed by atoms with van der Waals surface area (Å²) >= 11 is 4.85. The third kappa shape index (κ3) is 2.72. The van der Waals surface area contributed by atoms with Gasteiger partial charge in [-0.15, -0.1) is 11.3 Å². The van der Waals surface area contributed by atoms with E-state index in [-0.39, 0.29) is 11.3 Å². The molecule has 5 heteroatoms. The number of nitrogens with two attached hydrogens (primary N) is 1. The molecule has 1 heterocycles. The first kappa shape index (κ1) is 13.1. The summed E-state index contributed by atoms with van der Waals surface area (Å²) in [5, 5.41) is 0. The fourth-order valence-corrected chi connectivity index (χ4v) is 3.68. The molecule has 0 spiro atoms. The highest BCUT2D eigenvalue weighted by atomic mass is 79.9. The Hall–Kier alpha value is -0.390. The van der Waals surface area contributed by atoms with Crippen molar-refractivity contribution in [1.29, 1.82) is 0 Å². The van der Waals surface area contributed by atoms with Gasteiger partial charge in [-0.3, -0.25) is 4.79 Å². The average Bonchev–Trinajstić information content (AvgIpc) is 2.69. The number of thiophene rings is 1. The lowest BCUT2D eigenvalue weighted by Gasteiger charge is -2.43. The molecule has 1 aliphatic rings. The fraction of sp³-hybridized carbons (Fsp3) is 0.583. The first-order valence-corrected chi connectivity index (χ1v) is 7.38. The van der Waals surface area contributed by atoms with E-state index in [9.17, 15) is 4.79 Å². The Morgan fingerprint density at radius 2 is 2.29 bits per heavy atom. The molecule has 0 unspecified atom stereocenters. The van der Waals surface area contributed by atoms with Crippen molar-refractivity contribution in [2.75, 3.05) is 20.1 Å². The van der Waals surface area contributed by atoms with E-state index in [4.69, 9.17) is 5.73 Å². The normalized spacial score (nSPS) is 17.6. The maximum absolute atomic E-state index is 12.2. The van der Waals surface area contributed by atoms with Crippen LogP contribution in [0.15, 0.2) is 15.9 Å². The van der Waals surface area contributed by atoms with Gasteiger partial charge in [-0.1, -0.05) is 6.42 Å². The molecule has 0 aromatic carbocycles. The summed E-state index contributed by atoms with van der Waals surface area (Å²) in [6.45, 7) is 1.45. The standard InChI is InChI=1S/C12H17BrN2OS/c1-15(8-12(7-14)5-2-6-12)11(16)9-3-4-10(13)17-9/h3-4H,2,5-8,14H2,1H3. The molecule has 0 radical (unpaired) electrons. The van der Waals surface area contributed by atoms with E-state index < -0.39 is 0 Å². The second kappa shape index (κ2) is 5.08. The van der Waals surface area contributed by atoms with Gasteiger partial charge in [0.2, 0.25) is 0 Å². The zero-order valence-corrected chi connectivity index (χ0v) is 12.3. The first-order valence-electron chi connectivity index (χ1n) is 5.77. The maximum Gasteiger partial charge on any atom is 0.263 e. The lowest BCUT2D eigenvalue weighted by molar-refractivity contribution is 0.0572. The van der Waals surface area contributed by atoms with E-state index >= 15 is 0 Å². The Morgan fingerprint density at radius 3 is 2.71 bits per heavy atom. The molecule has 0 aliphatic heterocycles. The van der Waals surface area contributed by atoms with Gasteiger partial charge in [-0.2, -0.15) is 0 Å². The molecule has 1 fully saturated rings. The minimum Gasteiger partial charge on any atom is -0.340 e. The van der Waals surface area contributed by atoms with Crippen LogP contribution in [-0.2, 0) is 0 Å². The van der Waals surface area contributed by atoms with Crippen molar-refractivity contribution in [2.45, 2.75) is 19.3 Å². The second-order valence-electron chi connectivity index (χ2n) is 4.82. The van der Waals surface area contributed by atoms with Crippen LogP contribution in [0.25, 0.3) is 0 Å². The van der Waals surface area contributed by atoms with Crippen LogP contribution in [0, 0.1) is 5.41 Å². The third-order valence-corrected chi connectivity index (χ3v) is 5.16. The minimum atomic E-state index is 0.0976. The summed E-state index contributed by atoms with van der Waals surface area (Å²) in [5.74, 6) is 0.0976. The van der Waals surface area contributed by atoms with Crippen LogP contribution in [-0.4, -0.2) is 30.9 Å². The topological polar surface area (TPSA) is 46.3 Å². The van der Waals surface area contributed by atoms with Crippen LogP contribution in [0.2, 0.25) is 0 Å². The molecule has 1 saturated carbocycles. The molecule has 17 heavy (non-hydrogen) atoms. The molecule has 2 N–H and O–H groups in total. The minimum absolute atomic E-state index is 0.0976. The van der Waals surface area contributed by atoms with Crippen molar-refractivity contribution in [3.8, 4) is 0 Å². The van der Waals surface area contributed by atoms with Gasteiger partial charge >= 0.3 is 0 Å². The van der Waals surface area contributed by atoms with Crippen LogP contribution in [0.1, 0.15) is 28.9 Å². The molecule has 0 atom stereocenters. The summed E-state index contributed by atoms with van der Waals surface area (Å²) in [7, 11) is 1.87. The Kier molecular flexibility index (Phi) is 3.90. The first-order chi connectivity index (χ1) is 8.06. The van der Waals surface area contributed by atoms with Gasteiger partial charge in [-0.05, 0) is 47.4 Å². The van der Waals surface area contributed by atoms with E-state index in [2.05, 4.69) is 15.9 Å². The van der Waals surface area contributed by atoms with E-state index in [1.807, 2.05) is 24.1 Å². The van der Waals surface area contributed by atoms with E-state index in [1.165, 1.54) is 17.8 Å². The van der Waals surface area contributed by atoms with Crippen molar-refractivity contribution in [1.82, 2.24) is 4.90 Å². The van der Waals surface area contributed by atoms with Crippen molar-refractivity contribution in [3.05, 3.63) is 20.8 Å². The number of hydrogen-bond acceptors (Lipinski definition) is 3. The molecule has 1 aromatic rings. The quantitative estimate of drug-likeness (QED) is 0.928. The summed E-state index contributed by atoms with van der Waals surface area (Å²) < 4.78 is 0.992. The van der Waals surface area contributed by atoms with E-state index in [0.717, 1.165) is 28.0 Å². The molecular formula is C12H17BrN2OS. The number of carbonyl (C=O) groups is 1. The van der Waals surface area contributed by atoms with Crippen LogP contribution in [0.4, 0.5) is 0 Å². The molecule has 0 saturated heterocycles. The summed E-state index contributed by atoms with van der Waals surface area (Å²) in [6.07, 6.45) is 3.54. The zero-order valence-electron chi connectivity index (χ0n) is 9.91. The van der Waals surface area contributed by atoms with Gasteiger partial charge in [0.25, 0.3) is 5.91 Å². The molecule has 3 nitrogen and oxygen atoms in total. The lowest BCUT2D eigenvalue weighted by Crippen LogP contribution is -2.47. The fourth-order valence-electron chi connectivity index (χ4n) is 2.30. The van der Waals surface area contributed by atoms with Crippen molar-refractivity contribution < 1.29 is 4.79 Å². The maximum atomic E-state index is 12.2. The van der Waals surface area contributed by atoms with Gasteiger partial charge in [-0.25, -0.2) is 0 Å². The largest absolute Gasteiger partial charge is 0.340 e. The number of amides is 1. The van der Waals surface area contributed by atoms with Gasteiger partial charge < -0.3 is 10.6 Å². The van der Waals surface area contributed by atoms with Crippen LogP contribution >= 0.6 is 27.3 Å². The van der Waals surface area contributed by atoms with Crippen LogP contribution < -0.4 is 5.73 Å². The highest BCUT2D eigenvalue weighted by molar-refractivity contribution is 9.11. The number of nitrogens with zero attached hydrogens (tertiary/aromatic N) is 1. The lowest BCUT2D eigenvalue weighted by atomic mass is 9.68. The highest BCUT2D eigenvalue weighted by Gasteiger charge is 2.37. The van der Waals surface area contributed by atoms with Gasteiger partial charge in [0, 0.05) is 19.0 Å². The van der Waals surface area contributed by atoms with E-state index in [1.54, 1.807) is 0 Å². The Bertz CT molecular complexity index is 409. The predicted octanol–water partition coefficient (Wildman–Crippen LogP) is 2.71. The Balaban J connectivity index is 2.00. The SMILES string of the molecule is CN(CC1(CN)CCC1)C(=O)c1ccc(Br)s1. The number of hydrogen-bond donors (Lipinski definition) is 1. The molecule has 1 aliphatic carbocycles. The molecular weight excluding hydrogens is 300 g/mol. The number of halogens is 1. The van der Waals surface area contributed by atoms with Crippen LogP contribution in [0.3, 0.4) is 0 Å².